The molecule has 0 N–H and O–H groups in total. The number of hydrogen-bond donors (Lipinski definition) is 0. The third kappa shape index (κ3) is 3.00. The lowest BCUT2D eigenvalue weighted by Gasteiger charge is -2.09. The van der Waals surface area contributed by atoms with Crippen molar-refractivity contribution in [3.8, 4) is 5.69 Å². The Morgan fingerprint density at radius 3 is 2.38 bits per heavy atom. The average molecular weight is 306 g/mol. The van der Waals surface area contributed by atoms with Gasteiger partial charge in [-0.1, -0.05) is 11.6 Å². The first-order chi connectivity index (χ1) is 9.95. The molecule has 0 bridgehead atoms. The van der Waals surface area contributed by atoms with Crippen molar-refractivity contribution in [1.29, 1.82) is 0 Å². The minimum Gasteiger partial charge on any atom is -0.460 e. The van der Waals surface area contributed by atoms with Crippen LogP contribution in [-0.4, -0.2) is 22.9 Å². The number of benzene rings is 1. The molecule has 2 aromatic rings. The van der Waals surface area contributed by atoms with Crippen LogP contribution >= 0.6 is 11.6 Å². The molecule has 0 saturated heterocycles. The van der Waals surface area contributed by atoms with E-state index in [9.17, 15) is 9.59 Å². The number of rotatable bonds is 4. The molecular weight excluding hydrogens is 290 g/mol. The van der Waals surface area contributed by atoms with Crippen LogP contribution in [0.15, 0.2) is 30.3 Å². The molecule has 5 heteroatoms. The van der Waals surface area contributed by atoms with E-state index in [0.717, 1.165) is 11.4 Å². The maximum Gasteiger partial charge on any atom is 0.379 e. The normalized spacial score (nSPS) is 10.5. The van der Waals surface area contributed by atoms with E-state index in [1.807, 2.05) is 23.6 Å². The van der Waals surface area contributed by atoms with Crippen molar-refractivity contribution in [2.24, 2.45) is 0 Å². The molecule has 0 saturated carbocycles. The molecule has 0 unspecified atom stereocenters. The van der Waals surface area contributed by atoms with Crippen LogP contribution in [0.2, 0.25) is 5.02 Å². The number of carbonyl (C=O) groups excluding carboxylic acids is 2. The maximum atomic E-state index is 12.1. The average Bonchev–Trinajstić information content (AvgIpc) is 2.75. The van der Waals surface area contributed by atoms with Crippen molar-refractivity contribution in [2.45, 2.75) is 20.8 Å². The standard InChI is InChI=1S/C16H16ClNO3/c1-4-21-16(20)15(19)14-9-10(2)18(11(14)3)13-7-5-12(17)6-8-13/h5-9H,4H2,1-3H3. The number of carbonyl (C=O) groups is 2. The molecule has 1 aromatic heterocycles. The van der Waals surface area contributed by atoms with Gasteiger partial charge in [-0.3, -0.25) is 4.79 Å². The Morgan fingerprint density at radius 2 is 1.81 bits per heavy atom. The molecule has 4 nitrogen and oxygen atoms in total. The first kappa shape index (κ1) is 15.3. The maximum absolute atomic E-state index is 12.1. The van der Waals surface area contributed by atoms with Gasteiger partial charge in [-0.15, -0.1) is 0 Å². The topological polar surface area (TPSA) is 48.3 Å². The van der Waals surface area contributed by atoms with Gasteiger partial charge in [0, 0.05) is 22.1 Å². The van der Waals surface area contributed by atoms with Gasteiger partial charge in [-0.05, 0) is 51.1 Å². The molecule has 0 spiro atoms. The Kier molecular flexibility index (Phi) is 4.48. The quantitative estimate of drug-likeness (QED) is 0.493. The Hall–Kier alpha value is -2.07. The number of halogens is 1. The van der Waals surface area contributed by atoms with E-state index >= 15 is 0 Å². The fourth-order valence-electron chi connectivity index (χ4n) is 2.29. The molecule has 0 aliphatic rings. The summed E-state index contributed by atoms with van der Waals surface area (Å²) in [6, 6.07) is 8.98. The highest BCUT2D eigenvalue weighted by Crippen LogP contribution is 2.22. The summed E-state index contributed by atoms with van der Waals surface area (Å²) in [5.74, 6) is -1.45. The minimum atomic E-state index is -0.825. The summed E-state index contributed by atoms with van der Waals surface area (Å²) in [5, 5.41) is 0.643. The highest BCUT2D eigenvalue weighted by atomic mass is 35.5. The van der Waals surface area contributed by atoms with Gasteiger partial charge in [0.1, 0.15) is 0 Å². The predicted octanol–water partition coefficient (Wildman–Crippen LogP) is 3.49. The van der Waals surface area contributed by atoms with E-state index in [-0.39, 0.29) is 6.61 Å². The van der Waals surface area contributed by atoms with Crippen LogP contribution in [0.25, 0.3) is 5.69 Å². The predicted molar refractivity (Wildman–Crippen MR) is 81.2 cm³/mol. The SMILES string of the molecule is CCOC(=O)C(=O)c1cc(C)n(-c2ccc(Cl)cc2)c1C. The molecule has 0 fully saturated rings. The van der Waals surface area contributed by atoms with Crippen molar-refractivity contribution >= 4 is 23.4 Å². The second-order valence-electron chi connectivity index (χ2n) is 4.65. The monoisotopic (exact) mass is 305 g/mol. The van der Waals surface area contributed by atoms with Crippen molar-refractivity contribution in [1.82, 2.24) is 4.57 Å². The molecule has 0 amide bonds. The van der Waals surface area contributed by atoms with E-state index in [1.54, 1.807) is 32.0 Å². The molecular formula is C16H16ClNO3. The number of esters is 1. The Bertz CT molecular complexity index is 686. The zero-order valence-electron chi connectivity index (χ0n) is 12.1. The van der Waals surface area contributed by atoms with Gasteiger partial charge >= 0.3 is 5.97 Å². The second-order valence-corrected chi connectivity index (χ2v) is 5.08. The number of aryl methyl sites for hydroxylation is 1. The number of aromatic nitrogens is 1. The summed E-state index contributed by atoms with van der Waals surface area (Å²) in [6.45, 7) is 5.53. The Morgan fingerprint density at radius 1 is 1.19 bits per heavy atom. The van der Waals surface area contributed by atoms with Crippen LogP contribution in [-0.2, 0) is 9.53 Å². The second kappa shape index (κ2) is 6.14. The smallest absolute Gasteiger partial charge is 0.379 e. The fourth-order valence-corrected chi connectivity index (χ4v) is 2.41. The van der Waals surface area contributed by atoms with Gasteiger partial charge in [0.05, 0.1) is 12.2 Å². The number of nitrogens with zero attached hydrogens (tertiary/aromatic N) is 1. The van der Waals surface area contributed by atoms with E-state index in [0.29, 0.717) is 16.3 Å². The minimum absolute atomic E-state index is 0.181. The van der Waals surface area contributed by atoms with Gasteiger partial charge < -0.3 is 9.30 Å². The summed E-state index contributed by atoms with van der Waals surface area (Å²) in [5.41, 5.74) is 2.81. The lowest BCUT2D eigenvalue weighted by molar-refractivity contribution is -0.137. The number of hydrogen-bond acceptors (Lipinski definition) is 3. The van der Waals surface area contributed by atoms with Crippen LogP contribution in [0.3, 0.4) is 0 Å². The third-order valence-corrected chi connectivity index (χ3v) is 3.47. The van der Waals surface area contributed by atoms with Crippen LogP contribution in [0.5, 0.6) is 0 Å². The van der Waals surface area contributed by atoms with Gasteiger partial charge in [-0.25, -0.2) is 4.79 Å². The molecule has 21 heavy (non-hydrogen) atoms. The van der Waals surface area contributed by atoms with Crippen LogP contribution in [0.4, 0.5) is 0 Å². The van der Waals surface area contributed by atoms with Gasteiger partial charge in [0.25, 0.3) is 5.78 Å². The Balaban J connectivity index is 2.45. The highest BCUT2D eigenvalue weighted by Gasteiger charge is 2.23. The van der Waals surface area contributed by atoms with Crippen molar-refractivity contribution in [3.63, 3.8) is 0 Å². The van der Waals surface area contributed by atoms with Crippen LogP contribution in [0.1, 0.15) is 28.7 Å². The molecule has 0 radical (unpaired) electrons. The lowest BCUT2D eigenvalue weighted by atomic mass is 10.1. The Labute approximate surface area is 128 Å². The summed E-state index contributed by atoms with van der Waals surface area (Å²) < 4.78 is 6.67. The van der Waals surface area contributed by atoms with Crippen LogP contribution < -0.4 is 0 Å². The zero-order chi connectivity index (χ0) is 15.6. The third-order valence-electron chi connectivity index (χ3n) is 3.22. The van der Waals surface area contributed by atoms with E-state index in [2.05, 4.69) is 0 Å². The van der Waals surface area contributed by atoms with Gasteiger partial charge in [0.15, 0.2) is 0 Å². The van der Waals surface area contributed by atoms with Crippen molar-refractivity contribution < 1.29 is 14.3 Å². The summed E-state index contributed by atoms with van der Waals surface area (Å²) in [4.78, 5) is 23.7. The first-order valence-electron chi connectivity index (χ1n) is 6.62. The number of ketones is 1. The molecule has 0 aliphatic carbocycles. The zero-order valence-corrected chi connectivity index (χ0v) is 12.9. The highest BCUT2D eigenvalue weighted by molar-refractivity contribution is 6.41. The molecule has 1 aromatic carbocycles. The van der Waals surface area contributed by atoms with Crippen molar-refractivity contribution in [2.75, 3.05) is 6.61 Å². The van der Waals surface area contributed by atoms with E-state index < -0.39 is 11.8 Å². The first-order valence-corrected chi connectivity index (χ1v) is 6.99. The summed E-state index contributed by atoms with van der Waals surface area (Å²) in [6.07, 6.45) is 0. The lowest BCUT2D eigenvalue weighted by Crippen LogP contribution is -2.18. The largest absolute Gasteiger partial charge is 0.460 e. The van der Waals surface area contributed by atoms with E-state index in [1.165, 1.54) is 0 Å². The molecule has 2 rings (SSSR count). The molecule has 0 atom stereocenters. The molecule has 0 aliphatic heterocycles. The van der Waals surface area contributed by atoms with Gasteiger partial charge in [0.2, 0.25) is 0 Å². The number of Topliss-reactive ketones (excluding diaryl/α,β-unsaturated/α-hetero) is 1. The molecule has 1 heterocycles. The summed E-state index contributed by atoms with van der Waals surface area (Å²) in [7, 11) is 0. The summed E-state index contributed by atoms with van der Waals surface area (Å²) >= 11 is 5.89. The number of ether oxygens (including phenoxy) is 1. The van der Waals surface area contributed by atoms with E-state index in [4.69, 9.17) is 16.3 Å². The van der Waals surface area contributed by atoms with Crippen molar-refractivity contribution in [3.05, 3.63) is 52.3 Å². The van der Waals surface area contributed by atoms with Crippen LogP contribution in [0, 0.1) is 13.8 Å². The molecule has 110 valence electrons. The van der Waals surface area contributed by atoms with Gasteiger partial charge in [-0.2, -0.15) is 0 Å². The fraction of sp³-hybridized carbons (Fsp3) is 0.250.